The molecule has 42 heavy (non-hydrogen) atoms. The Labute approximate surface area is 248 Å². The van der Waals surface area contributed by atoms with Gasteiger partial charge in [-0.1, -0.05) is 72.3 Å². The number of nitrogens with one attached hydrogen (secondary N) is 2. The van der Waals surface area contributed by atoms with Crippen molar-refractivity contribution >= 4 is 23.6 Å². The first-order chi connectivity index (χ1) is 19.8. The van der Waals surface area contributed by atoms with Crippen LogP contribution in [-0.4, -0.2) is 41.0 Å². The fraction of sp³-hybridized carbons (Fsp3) is 0.353. The average Bonchev–Trinajstić information content (AvgIpc) is 2.90. The van der Waals surface area contributed by atoms with Crippen LogP contribution in [0.2, 0.25) is 0 Å². The quantitative estimate of drug-likeness (QED) is 0.304. The number of anilines is 1. The van der Waals surface area contributed by atoms with E-state index in [-0.39, 0.29) is 13.0 Å². The fourth-order valence-corrected chi connectivity index (χ4v) is 4.86. The van der Waals surface area contributed by atoms with Crippen molar-refractivity contribution in [3.8, 4) is 6.07 Å². The molecule has 0 saturated heterocycles. The number of carbonyl (C=O) groups excluding carboxylic acids is 3. The lowest BCUT2D eigenvalue weighted by Crippen LogP contribution is -2.53. The standard InChI is InChI=1S/C34H40N4O4/c1-22-16-17-27(25(4)20-22)30(31(39)37-29-23(2)12-11-13-24(29)3)38(19-18-35)32(40)28(21-26-14-9-8-10-15-26)36-33(41)42-34(5,6)7/h8-17,20,28,30H,19,21H2,1-7H3,(H,36,41)(H,37,39). The van der Waals surface area contributed by atoms with Gasteiger partial charge in [0.15, 0.2) is 0 Å². The Morgan fingerprint density at radius 2 is 1.55 bits per heavy atom. The number of hydrogen-bond donors (Lipinski definition) is 2. The highest BCUT2D eigenvalue weighted by molar-refractivity contribution is 6.00. The van der Waals surface area contributed by atoms with Gasteiger partial charge in [0.2, 0.25) is 5.91 Å². The number of nitrogens with zero attached hydrogens (tertiary/aromatic N) is 2. The maximum Gasteiger partial charge on any atom is 0.408 e. The molecule has 0 fully saturated rings. The van der Waals surface area contributed by atoms with E-state index in [0.29, 0.717) is 11.3 Å². The molecule has 0 aromatic heterocycles. The summed E-state index contributed by atoms with van der Waals surface area (Å²) in [7, 11) is 0. The van der Waals surface area contributed by atoms with Crippen LogP contribution in [0.1, 0.15) is 60.2 Å². The van der Waals surface area contributed by atoms with Crippen LogP contribution in [0.15, 0.2) is 66.7 Å². The zero-order chi connectivity index (χ0) is 31.0. The first-order valence-corrected chi connectivity index (χ1v) is 14.0. The second-order valence-electron chi connectivity index (χ2n) is 11.5. The molecule has 2 unspecified atom stereocenters. The summed E-state index contributed by atoms with van der Waals surface area (Å²) in [6.45, 7) is 12.4. The molecule has 8 heteroatoms. The third kappa shape index (κ3) is 8.43. The summed E-state index contributed by atoms with van der Waals surface area (Å²) in [5.74, 6) is -1.04. The van der Waals surface area contributed by atoms with E-state index in [1.807, 2.05) is 94.4 Å². The fourth-order valence-electron chi connectivity index (χ4n) is 4.86. The van der Waals surface area contributed by atoms with Gasteiger partial charge in [0, 0.05) is 12.1 Å². The molecular weight excluding hydrogens is 528 g/mol. The summed E-state index contributed by atoms with van der Waals surface area (Å²) < 4.78 is 5.46. The van der Waals surface area contributed by atoms with Crippen molar-refractivity contribution in [2.45, 2.75) is 72.6 Å². The second kappa shape index (κ2) is 13.8. The van der Waals surface area contributed by atoms with Gasteiger partial charge in [0.05, 0.1) is 6.07 Å². The van der Waals surface area contributed by atoms with Crippen LogP contribution in [0.4, 0.5) is 10.5 Å². The summed E-state index contributed by atoms with van der Waals surface area (Å²) in [5.41, 5.74) is 4.78. The third-order valence-electron chi connectivity index (χ3n) is 6.81. The Hall–Kier alpha value is -4.64. The summed E-state index contributed by atoms with van der Waals surface area (Å²) in [6, 6.07) is 20.4. The lowest BCUT2D eigenvalue weighted by atomic mass is 9.95. The van der Waals surface area contributed by atoms with Gasteiger partial charge >= 0.3 is 6.09 Å². The highest BCUT2D eigenvalue weighted by Gasteiger charge is 2.37. The number of alkyl carbamates (subject to hydrolysis) is 1. The molecule has 2 N–H and O–H groups in total. The first-order valence-electron chi connectivity index (χ1n) is 14.0. The van der Waals surface area contributed by atoms with Gasteiger partial charge in [-0.15, -0.1) is 0 Å². The van der Waals surface area contributed by atoms with Gasteiger partial charge in [-0.05, 0) is 76.3 Å². The number of para-hydroxylation sites is 1. The third-order valence-corrected chi connectivity index (χ3v) is 6.81. The number of aryl methyl sites for hydroxylation is 4. The van der Waals surface area contributed by atoms with Gasteiger partial charge < -0.3 is 20.3 Å². The Morgan fingerprint density at radius 3 is 2.12 bits per heavy atom. The number of ether oxygens (including phenoxy) is 1. The smallest absolute Gasteiger partial charge is 0.408 e. The maximum atomic E-state index is 14.3. The predicted molar refractivity (Wildman–Crippen MR) is 164 cm³/mol. The minimum absolute atomic E-state index is 0.138. The van der Waals surface area contributed by atoms with E-state index in [2.05, 4.69) is 16.7 Å². The molecule has 0 aliphatic heterocycles. The monoisotopic (exact) mass is 568 g/mol. The van der Waals surface area contributed by atoms with Crippen LogP contribution < -0.4 is 10.6 Å². The van der Waals surface area contributed by atoms with E-state index >= 15 is 0 Å². The van der Waals surface area contributed by atoms with Crippen molar-refractivity contribution in [3.63, 3.8) is 0 Å². The number of hydrogen-bond acceptors (Lipinski definition) is 5. The summed E-state index contributed by atoms with van der Waals surface area (Å²) in [4.78, 5) is 42.6. The van der Waals surface area contributed by atoms with Gasteiger partial charge in [-0.3, -0.25) is 9.59 Å². The van der Waals surface area contributed by atoms with Crippen molar-refractivity contribution in [1.29, 1.82) is 5.26 Å². The maximum absolute atomic E-state index is 14.3. The average molecular weight is 569 g/mol. The minimum Gasteiger partial charge on any atom is -0.444 e. The normalized spacial score (nSPS) is 12.4. The number of carbonyl (C=O) groups is 3. The van der Waals surface area contributed by atoms with Crippen LogP contribution in [0, 0.1) is 39.0 Å². The van der Waals surface area contributed by atoms with Crippen molar-refractivity contribution in [1.82, 2.24) is 10.2 Å². The van der Waals surface area contributed by atoms with E-state index in [1.54, 1.807) is 20.8 Å². The molecule has 3 rings (SSSR count). The molecule has 0 spiro atoms. The van der Waals surface area contributed by atoms with Gasteiger partial charge in [0.1, 0.15) is 24.2 Å². The molecule has 220 valence electrons. The second-order valence-corrected chi connectivity index (χ2v) is 11.5. The molecule has 0 aliphatic carbocycles. The summed E-state index contributed by atoms with van der Waals surface area (Å²) in [5, 5.41) is 15.6. The van der Waals surface area contributed by atoms with Gasteiger partial charge in [-0.2, -0.15) is 5.26 Å². The van der Waals surface area contributed by atoms with E-state index in [9.17, 15) is 19.6 Å². The zero-order valence-electron chi connectivity index (χ0n) is 25.4. The molecule has 0 heterocycles. The molecule has 3 aromatic rings. The van der Waals surface area contributed by atoms with E-state index < -0.39 is 35.6 Å². The molecule has 0 radical (unpaired) electrons. The highest BCUT2D eigenvalue weighted by atomic mass is 16.6. The molecule has 0 bridgehead atoms. The van der Waals surface area contributed by atoms with Crippen LogP contribution in [0.3, 0.4) is 0 Å². The van der Waals surface area contributed by atoms with Gasteiger partial charge in [-0.25, -0.2) is 4.79 Å². The Morgan fingerprint density at radius 1 is 0.905 bits per heavy atom. The van der Waals surface area contributed by atoms with E-state index in [0.717, 1.165) is 27.8 Å². The van der Waals surface area contributed by atoms with Crippen molar-refractivity contribution in [3.05, 3.63) is 100 Å². The topological polar surface area (TPSA) is 112 Å². The molecule has 3 amide bonds. The molecule has 2 atom stereocenters. The number of benzene rings is 3. The lowest BCUT2D eigenvalue weighted by Gasteiger charge is -2.34. The molecule has 8 nitrogen and oxygen atoms in total. The molecule has 0 aliphatic rings. The Kier molecular flexibility index (Phi) is 10.5. The van der Waals surface area contributed by atoms with Crippen LogP contribution in [-0.2, 0) is 20.7 Å². The summed E-state index contributed by atoms with van der Waals surface area (Å²) in [6.07, 6.45) is -0.629. The zero-order valence-corrected chi connectivity index (χ0v) is 25.4. The predicted octanol–water partition coefficient (Wildman–Crippen LogP) is 6.09. The van der Waals surface area contributed by atoms with Crippen molar-refractivity contribution < 1.29 is 19.1 Å². The molecule has 0 saturated carbocycles. The van der Waals surface area contributed by atoms with Crippen molar-refractivity contribution in [2.75, 3.05) is 11.9 Å². The minimum atomic E-state index is -1.14. The Balaban J connectivity index is 2.10. The Bertz CT molecular complexity index is 1450. The van der Waals surface area contributed by atoms with Crippen molar-refractivity contribution in [2.24, 2.45) is 0 Å². The SMILES string of the molecule is Cc1ccc(C(C(=O)Nc2c(C)cccc2C)N(CC#N)C(=O)C(Cc2ccccc2)NC(=O)OC(C)(C)C)c(C)c1. The molecule has 3 aromatic carbocycles. The van der Waals surface area contributed by atoms with Crippen LogP contribution >= 0.6 is 0 Å². The molecular formula is C34H40N4O4. The lowest BCUT2D eigenvalue weighted by molar-refractivity contribution is -0.140. The number of amides is 3. The van der Waals surface area contributed by atoms with E-state index in [4.69, 9.17) is 4.74 Å². The number of nitriles is 1. The summed E-state index contributed by atoms with van der Waals surface area (Å²) >= 11 is 0. The van der Waals surface area contributed by atoms with E-state index in [1.165, 1.54) is 4.90 Å². The number of rotatable bonds is 9. The van der Waals surface area contributed by atoms with Gasteiger partial charge in [0.25, 0.3) is 5.91 Å². The highest BCUT2D eigenvalue weighted by Crippen LogP contribution is 2.29. The first kappa shape index (κ1) is 31.9. The van der Waals surface area contributed by atoms with Crippen LogP contribution in [0.25, 0.3) is 0 Å². The van der Waals surface area contributed by atoms with Crippen LogP contribution in [0.5, 0.6) is 0 Å². The largest absolute Gasteiger partial charge is 0.444 e.